The SMILES string of the molecule is COC(=O)CC(NS(=O)(=O)c1ccc(F)cc1)C(=O)OC. The summed E-state index contributed by atoms with van der Waals surface area (Å²) < 4.78 is 47.7. The van der Waals surface area contributed by atoms with Gasteiger partial charge in [0.25, 0.3) is 0 Å². The molecule has 21 heavy (non-hydrogen) atoms. The Balaban J connectivity index is 2.98. The molecule has 0 aliphatic heterocycles. The molecule has 0 fully saturated rings. The van der Waals surface area contributed by atoms with Crippen LogP contribution in [-0.2, 0) is 29.1 Å². The van der Waals surface area contributed by atoms with Crippen molar-refractivity contribution in [3.05, 3.63) is 30.1 Å². The molecule has 116 valence electrons. The lowest BCUT2D eigenvalue weighted by atomic mass is 10.2. The molecule has 0 aliphatic carbocycles. The predicted molar refractivity (Wildman–Crippen MR) is 69.2 cm³/mol. The summed E-state index contributed by atoms with van der Waals surface area (Å²) in [6, 6.07) is 2.55. The highest BCUT2D eigenvalue weighted by Crippen LogP contribution is 2.11. The van der Waals surface area contributed by atoms with E-state index in [9.17, 15) is 22.4 Å². The summed E-state index contributed by atoms with van der Waals surface area (Å²) in [7, 11) is -1.95. The van der Waals surface area contributed by atoms with E-state index >= 15 is 0 Å². The zero-order valence-corrected chi connectivity index (χ0v) is 12.1. The topological polar surface area (TPSA) is 98.8 Å². The molecule has 0 spiro atoms. The molecule has 1 N–H and O–H groups in total. The van der Waals surface area contributed by atoms with Crippen molar-refractivity contribution in [1.82, 2.24) is 4.72 Å². The number of rotatable bonds is 6. The first-order chi connectivity index (χ1) is 9.80. The van der Waals surface area contributed by atoms with Crippen LogP contribution in [0.4, 0.5) is 4.39 Å². The van der Waals surface area contributed by atoms with Crippen LogP contribution in [-0.4, -0.2) is 40.6 Å². The molecule has 1 aromatic rings. The Bertz CT molecular complexity index is 613. The summed E-state index contributed by atoms with van der Waals surface area (Å²) in [6.45, 7) is 0. The molecule has 0 heterocycles. The van der Waals surface area contributed by atoms with Crippen molar-refractivity contribution < 1.29 is 31.9 Å². The van der Waals surface area contributed by atoms with Crippen LogP contribution in [0.25, 0.3) is 0 Å². The molecule has 1 rings (SSSR count). The predicted octanol–water partition coefficient (Wildman–Crippen LogP) is 0.209. The number of carbonyl (C=O) groups is 2. The number of sulfonamides is 1. The molecule has 1 atom stereocenters. The number of nitrogens with one attached hydrogen (secondary N) is 1. The van der Waals surface area contributed by atoms with Gasteiger partial charge in [-0.25, -0.2) is 12.8 Å². The minimum atomic E-state index is -4.11. The number of methoxy groups -OCH3 is 2. The highest BCUT2D eigenvalue weighted by atomic mass is 32.2. The van der Waals surface area contributed by atoms with Crippen molar-refractivity contribution in [2.24, 2.45) is 0 Å². The van der Waals surface area contributed by atoms with Gasteiger partial charge in [0.2, 0.25) is 10.0 Å². The molecule has 0 radical (unpaired) electrons. The molecule has 0 saturated heterocycles. The van der Waals surface area contributed by atoms with Crippen LogP contribution in [0, 0.1) is 5.82 Å². The van der Waals surface area contributed by atoms with E-state index in [4.69, 9.17) is 0 Å². The third-order valence-electron chi connectivity index (χ3n) is 2.51. The zero-order valence-electron chi connectivity index (χ0n) is 11.3. The first-order valence-electron chi connectivity index (χ1n) is 5.72. The van der Waals surface area contributed by atoms with Gasteiger partial charge in [-0.2, -0.15) is 4.72 Å². The maximum Gasteiger partial charge on any atom is 0.324 e. The van der Waals surface area contributed by atoms with Gasteiger partial charge >= 0.3 is 11.9 Å². The maximum atomic E-state index is 12.8. The number of ether oxygens (including phenoxy) is 2. The van der Waals surface area contributed by atoms with Crippen molar-refractivity contribution in [3.8, 4) is 0 Å². The van der Waals surface area contributed by atoms with Crippen molar-refractivity contribution >= 4 is 22.0 Å². The fourth-order valence-electron chi connectivity index (χ4n) is 1.43. The lowest BCUT2D eigenvalue weighted by molar-refractivity contribution is -0.149. The highest BCUT2D eigenvalue weighted by molar-refractivity contribution is 7.89. The molecule has 0 aromatic heterocycles. The second kappa shape index (κ2) is 7.14. The van der Waals surface area contributed by atoms with E-state index in [1.54, 1.807) is 0 Å². The van der Waals surface area contributed by atoms with E-state index in [0.717, 1.165) is 38.5 Å². The minimum Gasteiger partial charge on any atom is -0.469 e. The van der Waals surface area contributed by atoms with Gasteiger partial charge in [0.1, 0.15) is 11.9 Å². The lowest BCUT2D eigenvalue weighted by Crippen LogP contribution is -2.43. The molecular weight excluding hydrogens is 305 g/mol. The van der Waals surface area contributed by atoms with Crippen LogP contribution in [0.1, 0.15) is 6.42 Å². The van der Waals surface area contributed by atoms with Crippen molar-refractivity contribution in [3.63, 3.8) is 0 Å². The molecule has 0 aliphatic rings. The van der Waals surface area contributed by atoms with E-state index < -0.39 is 40.2 Å². The van der Waals surface area contributed by atoms with E-state index in [2.05, 4.69) is 9.47 Å². The van der Waals surface area contributed by atoms with Crippen LogP contribution in [0.15, 0.2) is 29.2 Å². The Kier molecular flexibility index (Phi) is 5.79. The zero-order chi connectivity index (χ0) is 16.0. The second-order valence-electron chi connectivity index (χ2n) is 3.93. The van der Waals surface area contributed by atoms with E-state index in [-0.39, 0.29) is 4.90 Å². The third-order valence-corrected chi connectivity index (χ3v) is 3.99. The van der Waals surface area contributed by atoms with Gasteiger partial charge in [0.05, 0.1) is 25.5 Å². The van der Waals surface area contributed by atoms with Crippen LogP contribution < -0.4 is 4.72 Å². The number of halogens is 1. The first kappa shape index (κ1) is 17.1. The highest BCUT2D eigenvalue weighted by Gasteiger charge is 2.29. The van der Waals surface area contributed by atoms with Crippen molar-refractivity contribution in [2.75, 3.05) is 14.2 Å². The normalized spacial score (nSPS) is 12.5. The van der Waals surface area contributed by atoms with Gasteiger partial charge in [0.15, 0.2) is 0 Å². The number of benzene rings is 1. The van der Waals surface area contributed by atoms with Crippen LogP contribution in [0.3, 0.4) is 0 Å². The largest absolute Gasteiger partial charge is 0.469 e. The minimum absolute atomic E-state index is 0.248. The molecule has 1 aromatic carbocycles. The second-order valence-corrected chi connectivity index (χ2v) is 5.65. The first-order valence-corrected chi connectivity index (χ1v) is 7.21. The average molecular weight is 319 g/mol. The van der Waals surface area contributed by atoms with Gasteiger partial charge < -0.3 is 9.47 Å². The summed E-state index contributed by atoms with van der Waals surface area (Å²) in [4.78, 5) is 22.5. The molecule has 0 amide bonds. The smallest absolute Gasteiger partial charge is 0.324 e. The quantitative estimate of drug-likeness (QED) is 0.753. The summed E-state index contributed by atoms with van der Waals surface area (Å²) in [5, 5.41) is 0. The van der Waals surface area contributed by atoms with Gasteiger partial charge in [-0.1, -0.05) is 0 Å². The maximum absolute atomic E-state index is 12.8. The van der Waals surface area contributed by atoms with Crippen LogP contribution in [0.5, 0.6) is 0 Å². The average Bonchev–Trinajstić information content (AvgIpc) is 2.45. The summed E-state index contributed by atoms with van der Waals surface area (Å²) in [5.41, 5.74) is 0. The van der Waals surface area contributed by atoms with Gasteiger partial charge in [-0.3, -0.25) is 9.59 Å². The Morgan fingerprint density at radius 3 is 2.24 bits per heavy atom. The molecule has 9 heteroatoms. The summed E-state index contributed by atoms with van der Waals surface area (Å²) >= 11 is 0. The molecule has 1 unspecified atom stereocenters. The fraction of sp³-hybridized carbons (Fsp3) is 0.333. The third kappa shape index (κ3) is 4.80. The molecule has 0 saturated carbocycles. The molecule has 7 nitrogen and oxygen atoms in total. The number of hydrogen-bond acceptors (Lipinski definition) is 6. The number of esters is 2. The van der Waals surface area contributed by atoms with Crippen molar-refractivity contribution in [2.45, 2.75) is 17.4 Å². The van der Waals surface area contributed by atoms with Gasteiger partial charge in [-0.15, -0.1) is 0 Å². The lowest BCUT2D eigenvalue weighted by Gasteiger charge is -2.15. The van der Waals surface area contributed by atoms with Crippen LogP contribution >= 0.6 is 0 Å². The van der Waals surface area contributed by atoms with E-state index in [1.165, 1.54) is 0 Å². The van der Waals surface area contributed by atoms with E-state index in [0.29, 0.717) is 0 Å². The standard InChI is InChI=1S/C12H14FNO6S/c1-19-11(15)7-10(12(16)20-2)14-21(17,18)9-5-3-8(13)4-6-9/h3-6,10,14H,7H2,1-2H3. The molecular formula is C12H14FNO6S. The molecule has 0 bridgehead atoms. The van der Waals surface area contributed by atoms with Gasteiger partial charge in [-0.05, 0) is 24.3 Å². The van der Waals surface area contributed by atoms with E-state index in [1.807, 2.05) is 4.72 Å². The Morgan fingerprint density at radius 2 is 1.76 bits per heavy atom. The summed E-state index contributed by atoms with van der Waals surface area (Å²) in [5.74, 6) is -2.33. The Morgan fingerprint density at radius 1 is 1.19 bits per heavy atom. The number of hydrogen-bond donors (Lipinski definition) is 1. The monoisotopic (exact) mass is 319 g/mol. The summed E-state index contributed by atoms with van der Waals surface area (Å²) in [6.07, 6.45) is -0.524. The van der Waals surface area contributed by atoms with Crippen LogP contribution in [0.2, 0.25) is 0 Å². The Hall–Kier alpha value is -2.00. The number of carbonyl (C=O) groups excluding carboxylic acids is 2. The Labute approximate surface area is 121 Å². The van der Waals surface area contributed by atoms with Crippen molar-refractivity contribution in [1.29, 1.82) is 0 Å². The van der Waals surface area contributed by atoms with Gasteiger partial charge in [0, 0.05) is 0 Å². The fourth-order valence-corrected chi connectivity index (χ4v) is 2.62.